The highest BCUT2D eigenvalue weighted by Crippen LogP contribution is 2.13. The van der Waals surface area contributed by atoms with Gasteiger partial charge in [0.2, 0.25) is 5.91 Å². The highest BCUT2D eigenvalue weighted by Gasteiger charge is 2.26. The molecule has 3 rings (SSSR count). The van der Waals surface area contributed by atoms with E-state index in [2.05, 4.69) is 12.2 Å². The molecule has 1 N–H and O–H groups in total. The van der Waals surface area contributed by atoms with Crippen molar-refractivity contribution < 1.29 is 23.5 Å². The van der Waals surface area contributed by atoms with Crippen LogP contribution in [-0.4, -0.2) is 66.9 Å². The maximum Gasteiger partial charge on any atom is 0.289 e. The van der Waals surface area contributed by atoms with E-state index >= 15 is 0 Å². The van der Waals surface area contributed by atoms with Crippen LogP contribution in [0.15, 0.2) is 47.1 Å². The van der Waals surface area contributed by atoms with Gasteiger partial charge in [-0.05, 0) is 42.8 Å². The number of hydrogen-bond acceptors (Lipinski definition) is 5. The molecule has 2 heterocycles. The Morgan fingerprint density at radius 3 is 2.37 bits per heavy atom. The van der Waals surface area contributed by atoms with Gasteiger partial charge in [0, 0.05) is 31.7 Å². The van der Waals surface area contributed by atoms with Crippen LogP contribution < -0.4 is 10.1 Å². The lowest BCUT2D eigenvalue weighted by molar-refractivity contribution is -0.131. The minimum atomic E-state index is -0.310. The van der Waals surface area contributed by atoms with Crippen molar-refractivity contribution in [3.63, 3.8) is 0 Å². The number of rotatable bonds is 8. The van der Waals surface area contributed by atoms with Gasteiger partial charge >= 0.3 is 0 Å². The Balaban J connectivity index is 1.41. The second kappa shape index (κ2) is 10.5. The Labute approximate surface area is 175 Å². The molecule has 1 aliphatic heterocycles. The quantitative estimate of drug-likeness (QED) is 0.670. The first-order valence-corrected chi connectivity index (χ1v) is 10.2. The van der Waals surface area contributed by atoms with E-state index in [0.717, 1.165) is 18.6 Å². The second-order valence-electron chi connectivity index (χ2n) is 7.06. The van der Waals surface area contributed by atoms with Crippen molar-refractivity contribution in [2.75, 3.05) is 39.3 Å². The van der Waals surface area contributed by atoms with Crippen molar-refractivity contribution in [1.29, 1.82) is 0 Å². The topological polar surface area (TPSA) is 92.1 Å². The van der Waals surface area contributed by atoms with Gasteiger partial charge in [-0.25, -0.2) is 0 Å². The highest BCUT2D eigenvalue weighted by molar-refractivity contribution is 5.96. The first-order chi connectivity index (χ1) is 14.6. The number of furan rings is 1. The number of amides is 3. The average Bonchev–Trinajstić information content (AvgIpc) is 3.32. The van der Waals surface area contributed by atoms with Crippen LogP contribution >= 0.6 is 0 Å². The van der Waals surface area contributed by atoms with E-state index in [1.54, 1.807) is 46.2 Å². The Morgan fingerprint density at radius 1 is 1.03 bits per heavy atom. The number of unbranched alkanes of at least 4 members (excludes halogenated alkanes) is 1. The van der Waals surface area contributed by atoms with Gasteiger partial charge in [0.1, 0.15) is 5.75 Å². The maximum absolute atomic E-state index is 12.4. The predicted molar refractivity (Wildman–Crippen MR) is 110 cm³/mol. The molecular weight excluding hydrogens is 386 g/mol. The maximum atomic E-state index is 12.4. The molecule has 0 unspecified atom stereocenters. The third-order valence-electron chi connectivity index (χ3n) is 4.93. The standard InChI is InChI=1S/C22H27N3O5/c1-2-3-14-29-18-8-6-17(7-9-18)21(27)23-16-20(26)24-10-12-25(13-11-24)22(28)19-5-4-15-30-19/h4-9,15H,2-3,10-14,16H2,1H3,(H,23,27). The van der Waals surface area contributed by atoms with Crippen LogP contribution in [0, 0.1) is 0 Å². The van der Waals surface area contributed by atoms with Crippen LogP contribution in [-0.2, 0) is 4.79 Å². The Hall–Kier alpha value is -3.29. The van der Waals surface area contributed by atoms with Gasteiger partial charge in [-0.2, -0.15) is 0 Å². The molecule has 8 nitrogen and oxygen atoms in total. The molecule has 1 saturated heterocycles. The fourth-order valence-corrected chi connectivity index (χ4v) is 3.12. The molecule has 160 valence electrons. The lowest BCUT2D eigenvalue weighted by atomic mass is 10.2. The summed E-state index contributed by atoms with van der Waals surface area (Å²) >= 11 is 0. The summed E-state index contributed by atoms with van der Waals surface area (Å²) in [6, 6.07) is 10.2. The van der Waals surface area contributed by atoms with Crippen molar-refractivity contribution in [2.24, 2.45) is 0 Å². The monoisotopic (exact) mass is 413 g/mol. The molecule has 0 aliphatic carbocycles. The van der Waals surface area contributed by atoms with Gasteiger partial charge in [-0.3, -0.25) is 14.4 Å². The molecule has 0 bridgehead atoms. The van der Waals surface area contributed by atoms with Crippen LogP contribution in [0.25, 0.3) is 0 Å². The summed E-state index contributed by atoms with van der Waals surface area (Å²) in [5.41, 5.74) is 0.472. The Kier molecular flexibility index (Phi) is 7.48. The van der Waals surface area contributed by atoms with Crippen LogP contribution in [0.3, 0.4) is 0 Å². The first-order valence-electron chi connectivity index (χ1n) is 10.2. The summed E-state index contributed by atoms with van der Waals surface area (Å²) in [5, 5.41) is 2.66. The number of nitrogens with zero attached hydrogens (tertiary/aromatic N) is 2. The summed E-state index contributed by atoms with van der Waals surface area (Å²) < 4.78 is 10.7. The molecular formula is C22H27N3O5. The minimum absolute atomic E-state index is 0.0836. The first kappa shape index (κ1) is 21.4. The van der Waals surface area contributed by atoms with Crippen LogP contribution in [0.1, 0.15) is 40.7 Å². The van der Waals surface area contributed by atoms with E-state index in [4.69, 9.17) is 9.15 Å². The van der Waals surface area contributed by atoms with Gasteiger partial charge in [0.15, 0.2) is 5.76 Å². The molecule has 30 heavy (non-hydrogen) atoms. The lowest BCUT2D eigenvalue weighted by Gasteiger charge is -2.34. The van der Waals surface area contributed by atoms with E-state index in [1.165, 1.54) is 6.26 Å². The van der Waals surface area contributed by atoms with Crippen molar-refractivity contribution in [3.8, 4) is 5.75 Å². The fourth-order valence-electron chi connectivity index (χ4n) is 3.12. The highest BCUT2D eigenvalue weighted by atomic mass is 16.5. The smallest absolute Gasteiger partial charge is 0.289 e. The summed E-state index contributed by atoms with van der Waals surface area (Å²) in [6.07, 6.45) is 3.50. The van der Waals surface area contributed by atoms with Crippen molar-refractivity contribution in [1.82, 2.24) is 15.1 Å². The van der Waals surface area contributed by atoms with Crippen molar-refractivity contribution in [2.45, 2.75) is 19.8 Å². The minimum Gasteiger partial charge on any atom is -0.494 e. The molecule has 1 aliphatic rings. The number of carbonyl (C=O) groups excluding carboxylic acids is 3. The summed E-state index contributed by atoms with van der Waals surface area (Å²) in [7, 11) is 0. The summed E-state index contributed by atoms with van der Waals surface area (Å²) in [4.78, 5) is 40.3. The van der Waals surface area contributed by atoms with E-state index in [0.29, 0.717) is 44.1 Å². The van der Waals surface area contributed by atoms with Crippen molar-refractivity contribution >= 4 is 17.7 Å². The number of ether oxygens (including phenoxy) is 1. The van der Waals surface area contributed by atoms with Crippen LogP contribution in [0.2, 0.25) is 0 Å². The number of benzene rings is 1. The molecule has 0 atom stereocenters. The van der Waals surface area contributed by atoms with Gasteiger partial charge < -0.3 is 24.3 Å². The Bertz CT molecular complexity index is 840. The second-order valence-corrected chi connectivity index (χ2v) is 7.06. The number of nitrogens with one attached hydrogen (secondary N) is 1. The molecule has 2 aromatic rings. The molecule has 3 amide bonds. The number of hydrogen-bond donors (Lipinski definition) is 1. The number of carbonyl (C=O) groups is 3. The molecule has 1 fully saturated rings. The molecule has 0 radical (unpaired) electrons. The van der Waals surface area contributed by atoms with Crippen LogP contribution in [0.5, 0.6) is 5.75 Å². The molecule has 1 aromatic heterocycles. The zero-order valence-electron chi connectivity index (χ0n) is 17.1. The predicted octanol–water partition coefficient (Wildman–Crippen LogP) is 2.17. The van der Waals surface area contributed by atoms with Gasteiger partial charge in [-0.15, -0.1) is 0 Å². The molecule has 8 heteroatoms. The van der Waals surface area contributed by atoms with Gasteiger partial charge in [0.25, 0.3) is 11.8 Å². The molecule has 0 saturated carbocycles. The fraction of sp³-hybridized carbons (Fsp3) is 0.409. The zero-order chi connectivity index (χ0) is 21.3. The normalized spacial score (nSPS) is 13.8. The molecule has 1 aromatic carbocycles. The number of piperazine rings is 1. The van der Waals surface area contributed by atoms with E-state index < -0.39 is 0 Å². The largest absolute Gasteiger partial charge is 0.494 e. The lowest BCUT2D eigenvalue weighted by Crippen LogP contribution is -2.52. The van der Waals surface area contributed by atoms with E-state index in [9.17, 15) is 14.4 Å². The van der Waals surface area contributed by atoms with Crippen LogP contribution in [0.4, 0.5) is 0 Å². The zero-order valence-corrected chi connectivity index (χ0v) is 17.1. The third-order valence-corrected chi connectivity index (χ3v) is 4.93. The van der Waals surface area contributed by atoms with Gasteiger partial charge in [0.05, 0.1) is 19.4 Å². The third kappa shape index (κ3) is 5.62. The van der Waals surface area contributed by atoms with E-state index in [-0.39, 0.29) is 24.3 Å². The average molecular weight is 413 g/mol. The van der Waals surface area contributed by atoms with Crippen molar-refractivity contribution in [3.05, 3.63) is 54.0 Å². The summed E-state index contributed by atoms with van der Waals surface area (Å²) in [6.45, 7) is 4.36. The summed E-state index contributed by atoms with van der Waals surface area (Å²) in [5.74, 6) is 0.354. The van der Waals surface area contributed by atoms with E-state index in [1.807, 2.05) is 0 Å². The van der Waals surface area contributed by atoms with Gasteiger partial charge in [-0.1, -0.05) is 13.3 Å². The molecule has 0 spiro atoms. The Morgan fingerprint density at radius 2 is 1.73 bits per heavy atom. The SMILES string of the molecule is CCCCOc1ccc(C(=O)NCC(=O)N2CCN(C(=O)c3ccco3)CC2)cc1.